The van der Waals surface area contributed by atoms with Crippen LogP contribution in [0.1, 0.15) is 0 Å². The smallest absolute Gasteiger partial charge is 0.211 e. The summed E-state index contributed by atoms with van der Waals surface area (Å²) in [6.45, 7) is 0. The third-order valence-corrected chi connectivity index (χ3v) is 1.45. The quantitative estimate of drug-likeness (QED) is 0.514. The number of rotatable bonds is 2. The summed E-state index contributed by atoms with van der Waals surface area (Å²) < 4.78 is 12.8. The van der Waals surface area contributed by atoms with Crippen molar-refractivity contribution in [3.8, 4) is 0 Å². The van der Waals surface area contributed by atoms with Gasteiger partial charge in [-0.25, -0.2) is 4.39 Å². The minimum absolute atomic E-state index is 0.165. The molecule has 0 heterocycles. The molecule has 0 bridgehead atoms. The van der Waals surface area contributed by atoms with Gasteiger partial charge in [0.05, 0.1) is 5.69 Å². The Morgan fingerprint density at radius 3 is 2.82 bits per heavy atom. The first kappa shape index (κ1) is 8.07. The highest BCUT2D eigenvalue weighted by molar-refractivity contribution is 7.80. The molecular weight excluding hydrogens is 165 g/mol. The first-order valence-electron chi connectivity index (χ1n) is 2.93. The molecule has 0 aliphatic rings. The van der Waals surface area contributed by atoms with Gasteiger partial charge in [-0.2, -0.15) is 0 Å². The second-order valence-electron chi connectivity index (χ2n) is 1.93. The summed E-state index contributed by atoms with van der Waals surface area (Å²) in [5.41, 5.74) is 0.165. The van der Waals surface area contributed by atoms with Crippen LogP contribution in [0.4, 0.5) is 10.1 Å². The summed E-state index contributed by atoms with van der Waals surface area (Å²) in [5, 5.41) is 2.21. The molecule has 0 aliphatic carbocycles. The first-order valence-corrected chi connectivity index (χ1v) is 3.37. The molecule has 4 heteroatoms. The largest absolute Gasteiger partial charge is 0.326 e. The highest BCUT2D eigenvalue weighted by atomic mass is 32.1. The molecule has 0 saturated heterocycles. The Hall–Kier alpha value is -1.03. The number of carbonyl (C=O) groups is 1. The van der Waals surface area contributed by atoms with Gasteiger partial charge < -0.3 is 5.32 Å². The minimum Gasteiger partial charge on any atom is -0.326 e. The number of thiol groups is 1. The van der Waals surface area contributed by atoms with Crippen molar-refractivity contribution in [2.45, 2.75) is 4.90 Å². The highest BCUT2D eigenvalue weighted by Crippen LogP contribution is 2.16. The number of hydrogen-bond donors (Lipinski definition) is 2. The van der Waals surface area contributed by atoms with Crippen molar-refractivity contribution < 1.29 is 9.18 Å². The van der Waals surface area contributed by atoms with Crippen LogP contribution in [0.15, 0.2) is 23.1 Å². The SMILES string of the molecule is O=CNc1ccc(S)cc1F. The molecule has 2 nitrogen and oxygen atoms in total. The molecule has 58 valence electrons. The van der Waals surface area contributed by atoms with Crippen molar-refractivity contribution in [2.24, 2.45) is 0 Å². The normalized spacial score (nSPS) is 9.27. The highest BCUT2D eigenvalue weighted by Gasteiger charge is 1.99. The van der Waals surface area contributed by atoms with Gasteiger partial charge in [-0.3, -0.25) is 4.79 Å². The van der Waals surface area contributed by atoms with E-state index in [9.17, 15) is 9.18 Å². The van der Waals surface area contributed by atoms with Crippen molar-refractivity contribution in [1.82, 2.24) is 0 Å². The fourth-order valence-electron chi connectivity index (χ4n) is 0.685. The van der Waals surface area contributed by atoms with E-state index in [1.807, 2.05) is 0 Å². The summed E-state index contributed by atoms with van der Waals surface area (Å²) in [5.74, 6) is -0.482. The Kier molecular flexibility index (Phi) is 2.48. The first-order chi connectivity index (χ1) is 5.24. The van der Waals surface area contributed by atoms with Crippen LogP contribution in [-0.4, -0.2) is 6.41 Å². The second kappa shape index (κ2) is 3.39. The van der Waals surface area contributed by atoms with Crippen molar-refractivity contribution in [2.75, 3.05) is 5.32 Å². The lowest BCUT2D eigenvalue weighted by Gasteiger charge is -1.99. The number of benzene rings is 1. The lowest BCUT2D eigenvalue weighted by atomic mass is 10.3. The second-order valence-corrected chi connectivity index (χ2v) is 2.44. The van der Waals surface area contributed by atoms with Gasteiger partial charge in [-0.1, -0.05) is 0 Å². The molecule has 0 radical (unpaired) electrons. The van der Waals surface area contributed by atoms with E-state index < -0.39 is 5.82 Å². The van der Waals surface area contributed by atoms with Crippen LogP contribution in [0.5, 0.6) is 0 Å². The van der Waals surface area contributed by atoms with Gasteiger partial charge in [0.2, 0.25) is 6.41 Å². The van der Waals surface area contributed by atoms with Crippen LogP contribution in [0.2, 0.25) is 0 Å². The van der Waals surface area contributed by atoms with Crippen LogP contribution in [-0.2, 0) is 4.79 Å². The third-order valence-electron chi connectivity index (χ3n) is 1.17. The van der Waals surface area contributed by atoms with E-state index in [0.29, 0.717) is 11.3 Å². The topological polar surface area (TPSA) is 29.1 Å². The van der Waals surface area contributed by atoms with E-state index >= 15 is 0 Å². The Balaban J connectivity index is 2.98. The number of amides is 1. The molecule has 0 fully saturated rings. The fraction of sp³-hybridized carbons (Fsp3) is 0. The zero-order valence-electron chi connectivity index (χ0n) is 5.54. The molecule has 0 spiro atoms. The van der Waals surface area contributed by atoms with Gasteiger partial charge in [0, 0.05) is 4.90 Å². The predicted octanol–water partition coefficient (Wildman–Crippen LogP) is 1.68. The Labute approximate surface area is 68.8 Å². The van der Waals surface area contributed by atoms with Crippen molar-refractivity contribution in [3.63, 3.8) is 0 Å². The number of halogens is 1. The van der Waals surface area contributed by atoms with E-state index in [-0.39, 0.29) is 5.69 Å². The molecular formula is C7H6FNOS. The molecule has 0 saturated carbocycles. The molecule has 1 aromatic rings. The van der Waals surface area contributed by atoms with E-state index in [0.717, 1.165) is 0 Å². The predicted molar refractivity (Wildman–Crippen MR) is 43.3 cm³/mol. The van der Waals surface area contributed by atoms with Crippen LogP contribution in [0.25, 0.3) is 0 Å². The maximum absolute atomic E-state index is 12.8. The molecule has 0 atom stereocenters. The average molecular weight is 171 g/mol. The summed E-state index contributed by atoms with van der Waals surface area (Å²) >= 11 is 3.91. The molecule has 11 heavy (non-hydrogen) atoms. The zero-order chi connectivity index (χ0) is 8.27. The molecule has 1 rings (SSSR count). The van der Waals surface area contributed by atoms with Gasteiger partial charge in [0.1, 0.15) is 5.82 Å². The van der Waals surface area contributed by atoms with Crippen molar-refractivity contribution in [3.05, 3.63) is 24.0 Å². The molecule has 0 aromatic heterocycles. The fourth-order valence-corrected chi connectivity index (χ4v) is 0.872. The number of nitrogens with one attached hydrogen (secondary N) is 1. The molecule has 1 amide bonds. The lowest BCUT2D eigenvalue weighted by molar-refractivity contribution is -0.105. The van der Waals surface area contributed by atoms with E-state index in [4.69, 9.17) is 0 Å². The van der Waals surface area contributed by atoms with Gasteiger partial charge in [0.15, 0.2) is 0 Å². The summed E-state index contributed by atoms with van der Waals surface area (Å²) in [4.78, 5) is 10.4. The summed E-state index contributed by atoms with van der Waals surface area (Å²) in [7, 11) is 0. The number of hydrogen-bond acceptors (Lipinski definition) is 2. The van der Waals surface area contributed by atoms with Crippen molar-refractivity contribution >= 4 is 24.7 Å². The van der Waals surface area contributed by atoms with Gasteiger partial charge in [-0.05, 0) is 18.2 Å². The van der Waals surface area contributed by atoms with E-state index in [1.54, 1.807) is 6.07 Å². The van der Waals surface area contributed by atoms with Crippen molar-refractivity contribution in [1.29, 1.82) is 0 Å². The maximum atomic E-state index is 12.8. The monoisotopic (exact) mass is 171 g/mol. The van der Waals surface area contributed by atoms with Gasteiger partial charge >= 0.3 is 0 Å². The Morgan fingerprint density at radius 2 is 2.27 bits per heavy atom. The summed E-state index contributed by atoms with van der Waals surface area (Å²) in [6, 6.07) is 4.28. The zero-order valence-corrected chi connectivity index (χ0v) is 6.44. The van der Waals surface area contributed by atoms with Crippen LogP contribution in [0.3, 0.4) is 0 Å². The van der Waals surface area contributed by atoms with Gasteiger partial charge in [-0.15, -0.1) is 12.6 Å². The number of anilines is 1. The van der Waals surface area contributed by atoms with Crippen LogP contribution in [0, 0.1) is 5.82 Å². The molecule has 1 N–H and O–H groups in total. The maximum Gasteiger partial charge on any atom is 0.211 e. The third kappa shape index (κ3) is 1.94. The Bertz CT molecular complexity index is 277. The summed E-state index contributed by atoms with van der Waals surface area (Å²) in [6.07, 6.45) is 0.427. The van der Waals surface area contributed by atoms with Gasteiger partial charge in [0.25, 0.3) is 0 Å². The van der Waals surface area contributed by atoms with E-state index in [2.05, 4.69) is 17.9 Å². The molecule has 0 aliphatic heterocycles. The average Bonchev–Trinajstić information content (AvgIpc) is 1.95. The standard InChI is InChI=1S/C7H6FNOS/c8-6-3-5(11)1-2-7(6)9-4-10/h1-4,11H,(H,9,10). The van der Waals surface area contributed by atoms with Crippen LogP contribution < -0.4 is 5.32 Å². The number of carbonyl (C=O) groups excluding carboxylic acids is 1. The molecule has 0 unspecified atom stereocenters. The van der Waals surface area contributed by atoms with Crippen LogP contribution >= 0.6 is 12.6 Å². The molecule has 1 aromatic carbocycles. The lowest BCUT2D eigenvalue weighted by Crippen LogP contribution is -1.96. The Morgan fingerprint density at radius 1 is 1.55 bits per heavy atom. The van der Waals surface area contributed by atoms with E-state index in [1.165, 1.54) is 12.1 Å². The minimum atomic E-state index is -0.482.